The molecule has 0 bridgehead atoms. The smallest absolute Gasteiger partial charge is 0.239 e. The van der Waals surface area contributed by atoms with Gasteiger partial charge in [-0.3, -0.25) is 4.79 Å². The van der Waals surface area contributed by atoms with E-state index in [1.54, 1.807) is 24.1 Å². The van der Waals surface area contributed by atoms with Crippen LogP contribution in [0.3, 0.4) is 0 Å². The van der Waals surface area contributed by atoms with E-state index in [4.69, 9.17) is 5.26 Å². The van der Waals surface area contributed by atoms with Crippen molar-refractivity contribution in [3.63, 3.8) is 0 Å². The Morgan fingerprint density at radius 3 is 2.84 bits per heavy atom. The van der Waals surface area contributed by atoms with Crippen molar-refractivity contribution in [2.45, 2.75) is 32.7 Å². The number of hydrogen-bond donors (Lipinski definition) is 1. The Morgan fingerprint density at radius 2 is 2.32 bits per heavy atom. The molecule has 1 rings (SSSR count). The van der Waals surface area contributed by atoms with E-state index in [2.05, 4.69) is 17.2 Å². The Hall–Kier alpha value is -2.09. The van der Waals surface area contributed by atoms with E-state index >= 15 is 0 Å². The van der Waals surface area contributed by atoms with Crippen LogP contribution in [-0.4, -0.2) is 30.5 Å². The number of nitrogens with one attached hydrogen (secondary N) is 1. The lowest BCUT2D eigenvalue weighted by Gasteiger charge is -2.19. The second-order valence-corrected chi connectivity index (χ2v) is 4.63. The van der Waals surface area contributed by atoms with Crippen molar-refractivity contribution in [2.24, 2.45) is 0 Å². The van der Waals surface area contributed by atoms with Crippen molar-refractivity contribution >= 4 is 11.7 Å². The van der Waals surface area contributed by atoms with Crippen LogP contribution < -0.4 is 10.2 Å². The molecule has 0 fully saturated rings. The molecule has 1 amide bonds. The summed E-state index contributed by atoms with van der Waals surface area (Å²) in [5, 5.41) is 11.6. The molecule has 5 nitrogen and oxygen atoms in total. The van der Waals surface area contributed by atoms with Crippen molar-refractivity contribution in [1.29, 1.82) is 5.26 Å². The summed E-state index contributed by atoms with van der Waals surface area (Å²) in [6.07, 6.45) is 3.53. The van der Waals surface area contributed by atoms with E-state index in [1.807, 2.05) is 13.0 Å². The molecule has 0 aromatic carbocycles. The van der Waals surface area contributed by atoms with Gasteiger partial charge in [-0.1, -0.05) is 13.3 Å². The molecular weight excluding hydrogens is 240 g/mol. The zero-order chi connectivity index (χ0) is 14.3. The maximum atomic E-state index is 11.8. The third-order valence-corrected chi connectivity index (χ3v) is 2.78. The third-order valence-electron chi connectivity index (χ3n) is 2.78. The monoisotopic (exact) mass is 260 g/mol. The molecule has 1 aromatic heterocycles. The van der Waals surface area contributed by atoms with E-state index in [-0.39, 0.29) is 18.5 Å². The van der Waals surface area contributed by atoms with Gasteiger partial charge in [0.15, 0.2) is 0 Å². The minimum Gasteiger partial charge on any atom is -0.352 e. The number of pyridine rings is 1. The Kier molecular flexibility index (Phi) is 5.80. The lowest BCUT2D eigenvalue weighted by Crippen LogP contribution is -2.40. The van der Waals surface area contributed by atoms with Gasteiger partial charge in [-0.25, -0.2) is 4.98 Å². The molecule has 1 heterocycles. The average molecular weight is 260 g/mol. The van der Waals surface area contributed by atoms with Crippen LogP contribution in [0.1, 0.15) is 32.3 Å². The first-order chi connectivity index (χ1) is 9.06. The number of hydrogen-bond acceptors (Lipinski definition) is 4. The largest absolute Gasteiger partial charge is 0.352 e. The highest BCUT2D eigenvalue weighted by molar-refractivity contribution is 5.81. The first-order valence-corrected chi connectivity index (χ1v) is 6.43. The summed E-state index contributed by atoms with van der Waals surface area (Å²) < 4.78 is 0. The SMILES string of the molecule is CCC[C@H](C)NC(=O)CN(C)c1ccc(C#N)cn1. The maximum Gasteiger partial charge on any atom is 0.239 e. The summed E-state index contributed by atoms with van der Waals surface area (Å²) in [6, 6.07) is 5.64. The van der Waals surface area contributed by atoms with Crippen LogP contribution in [0.25, 0.3) is 0 Å². The van der Waals surface area contributed by atoms with Crippen LogP contribution in [0.2, 0.25) is 0 Å². The number of rotatable bonds is 6. The van der Waals surface area contributed by atoms with Crippen LogP contribution in [-0.2, 0) is 4.79 Å². The number of carbonyl (C=O) groups is 1. The Morgan fingerprint density at radius 1 is 1.58 bits per heavy atom. The molecule has 1 N–H and O–H groups in total. The molecule has 5 heteroatoms. The fourth-order valence-corrected chi connectivity index (χ4v) is 1.80. The van der Waals surface area contributed by atoms with Gasteiger partial charge in [-0.05, 0) is 25.5 Å². The number of amides is 1. The van der Waals surface area contributed by atoms with Crippen molar-refractivity contribution in [3.8, 4) is 6.07 Å². The molecule has 0 saturated heterocycles. The highest BCUT2D eigenvalue weighted by Gasteiger charge is 2.10. The highest BCUT2D eigenvalue weighted by Crippen LogP contribution is 2.08. The fraction of sp³-hybridized carbons (Fsp3) is 0.500. The number of likely N-dealkylation sites (N-methyl/N-ethyl adjacent to an activating group) is 1. The molecule has 0 radical (unpaired) electrons. The number of nitriles is 1. The van der Waals surface area contributed by atoms with Gasteiger partial charge in [0, 0.05) is 19.3 Å². The molecule has 0 spiro atoms. The van der Waals surface area contributed by atoms with Crippen molar-refractivity contribution < 1.29 is 4.79 Å². The van der Waals surface area contributed by atoms with Crippen LogP contribution >= 0.6 is 0 Å². The van der Waals surface area contributed by atoms with Gasteiger partial charge in [0.25, 0.3) is 0 Å². The predicted molar refractivity (Wildman–Crippen MR) is 74.7 cm³/mol. The van der Waals surface area contributed by atoms with Gasteiger partial charge in [-0.15, -0.1) is 0 Å². The van der Waals surface area contributed by atoms with Gasteiger partial charge in [-0.2, -0.15) is 5.26 Å². The molecule has 0 unspecified atom stereocenters. The molecule has 1 atom stereocenters. The first-order valence-electron chi connectivity index (χ1n) is 6.43. The Balaban J connectivity index is 2.51. The van der Waals surface area contributed by atoms with E-state index in [1.165, 1.54) is 6.20 Å². The molecule has 102 valence electrons. The second kappa shape index (κ2) is 7.37. The number of carbonyl (C=O) groups excluding carboxylic acids is 1. The van der Waals surface area contributed by atoms with Gasteiger partial charge in [0.05, 0.1) is 12.1 Å². The maximum absolute atomic E-state index is 11.8. The summed E-state index contributed by atoms with van der Waals surface area (Å²) in [6.45, 7) is 4.35. The number of aromatic nitrogens is 1. The van der Waals surface area contributed by atoms with E-state index in [0.717, 1.165) is 12.8 Å². The van der Waals surface area contributed by atoms with Gasteiger partial charge >= 0.3 is 0 Å². The standard InChI is InChI=1S/C14H20N4O/c1-4-5-11(2)17-14(19)10-18(3)13-7-6-12(8-15)9-16-13/h6-7,9,11H,4-5,10H2,1-3H3,(H,17,19)/t11-/m0/s1. The summed E-state index contributed by atoms with van der Waals surface area (Å²) in [5.74, 6) is 0.659. The minimum atomic E-state index is -0.0189. The van der Waals surface area contributed by atoms with Crippen LogP contribution in [0, 0.1) is 11.3 Å². The van der Waals surface area contributed by atoms with Crippen molar-refractivity contribution in [1.82, 2.24) is 10.3 Å². The normalized spacial score (nSPS) is 11.5. The van der Waals surface area contributed by atoms with Gasteiger partial charge < -0.3 is 10.2 Å². The van der Waals surface area contributed by atoms with Crippen LogP contribution in [0.4, 0.5) is 5.82 Å². The Labute approximate surface area is 114 Å². The highest BCUT2D eigenvalue weighted by atomic mass is 16.2. The first kappa shape index (κ1) is 15.0. The Bertz CT molecular complexity index is 450. The molecule has 1 aromatic rings. The minimum absolute atomic E-state index is 0.0189. The van der Waals surface area contributed by atoms with Crippen molar-refractivity contribution in [3.05, 3.63) is 23.9 Å². The molecule has 0 aliphatic rings. The predicted octanol–water partition coefficient (Wildman–Crippen LogP) is 1.69. The van der Waals surface area contributed by atoms with E-state index < -0.39 is 0 Å². The average Bonchev–Trinajstić information content (AvgIpc) is 2.38. The van der Waals surface area contributed by atoms with Gasteiger partial charge in [0.1, 0.15) is 11.9 Å². The lowest BCUT2D eigenvalue weighted by atomic mass is 10.2. The van der Waals surface area contributed by atoms with E-state index in [0.29, 0.717) is 11.4 Å². The topological polar surface area (TPSA) is 69.0 Å². The summed E-state index contributed by atoms with van der Waals surface area (Å²) in [7, 11) is 1.80. The fourth-order valence-electron chi connectivity index (χ4n) is 1.80. The van der Waals surface area contributed by atoms with Crippen LogP contribution in [0.5, 0.6) is 0 Å². The quantitative estimate of drug-likeness (QED) is 0.845. The zero-order valence-electron chi connectivity index (χ0n) is 11.7. The second-order valence-electron chi connectivity index (χ2n) is 4.63. The summed E-state index contributed by atoms with van der Waals surface area (Å²) >= 11 is 0. The zero-order valence-corrected chi connectivity index (χ0v) is 11.7. The van der Waals surface area contributed by atoms with Crippen LogP contribution in [0.15, 0.2) is 18.3 Å². The van der Waals surface area contributed by atoms with Gasteiger partial charge in [0.2, 0.25) is 5.91 Å². The lowest BCUT2D eigenvalue weighted by molar-refractivity contribution is -0.120. The molecule has 0 saturated carbocycles. The molecule has 0 aliphatic heterocycles. The summed E-state index contributed by atoms with van der Waals surface area (Å²) in [5.41, 5.74) is 0.512. The third kappa shape index (κ3) is 4.96. The van der Waals surface area contributed by atoms with Crippen molar-refractivity contribution in [2.75, 3.05) is 18.5 Å². The summed E-state index contributed by atoms with van der Waals surface area (Å²) in [4.78, 5) is 17.7. The number of nitrogens with zero attached hydrogens (tertiary/aromatic N) is 3. The molecule has 19 heavy (non-hydrogen) atoms. The van der Waals surface area contributed by atoms with E-state index in [9.17, 15) is 4.79 Å². The molecule has 0 aliphatic carbocycles. The molecular formula is C14H20N4O. The number of anilines is 1.